The first-order valence-corrected chi connectivity index (χ1v) is 10.1. The lowest BCUT2D eigenvalue weighted by molar-refractivity contribution is -0.293. The molecule has 0 radical (unpaired) electrons. The Labute approximate surface area is 152 Å². The highest BCUT2D eigenvalue weighted by atomic mass is 32.2. The van der Waals surface area contributed by atoms with Crippen LogP contribution in [0.4, 0.5) is 28.0 Å². The Morgan fingerprint density at radius 3 is 2.22 bits per heavy atom. The van der Waals surface area contributed by atoms with Gasteiger partial charge in [-0.05, 0) is 44.4 Å². The normalized spacial score (nSPS) is 24.8. The molecule has 3 rings (SSSR count). The van der Waals surface area contributed by atoms with Gasteiger partial charge < -0.3 is 9.84 Å². The summed E-state index contributed by atoms with van der Waals surface area (Å²) in [6, 6.07) is -0.721. The molecule has 0 atom stereocenters. The van der Waals surface area contributed by atoms with E-state index in [2.05, 4.69) is 24.7 Å². The van der Waals surface area contributed by atoms with Gasteiger partial charge in [-0.3, -0.25) is 0 Å². The number of rotatable bonds is 7. The molecule has 7 nitrogen and oxygen atoms in total. The van der Waals surface area contributed by atoms with Crippen molar-refractivity contribution < 1.29 is 34.9 Å². The first kappa shape index (κ1) is 20.2. The van der Waals surface area contributed by atoms with Gasteiger partial charge in [0.05, 0.1) is 5.25 Å². The van der Waals surface area contributed by atoms with Gasteiger partial charge in [-0.2, -0.15) is 26.9 Å². The maximum absolute atomic E-state index is 13.2. The lowest BCUT2D eigenvalue weighted by atomic mass is 9.86. The van der Waals surface area contributed by atoms with Crippen LogP contribution in [0, 0.1) is 5.92 Å². The lowest BCUT2D eigenvalue weighted by Crippen LogP contribution is -2.35. The predicted octanol–water partition coefficient (Wildman–Crippen LogP) is 2.78. The molecule has 2 aliphatic carbocycles. The summed E-state index contributed by atoms with van der Waals surface area (Å²) in [5, 5.41) is 5.10. The molecule has 154 valence electrons. The minimum Gasteiger partial charge on any atom is -0.335 e. The molecule has 1 heterocycles. The molecule has 2 aliphatic rings. The molecule has 2 saturated carbocycles. The van der Waals surface area contributed by atoms with E-state index in [1.54, 1.807) is 0 Å². The van der Waals surface area contributed by atoms with E-state index in [4.69, 9.17) is 0 Å². The second-order valence-electron chi connectivity index (χ2n) is 6.95. The third-order valence-corrected chi connectivity index (χ3v) is 6.69. The van der Waals surface area contributed by atoms with Gasteiger partial charge in [0.15, 0.2) is 0 Å². The summed E-state index contributed by atoms with van der Waals surface area (Å²) in [6.45, 7) is 0.341. The van der Waals surface area contributed by atoms with E-state index in [-0.39, 0.29) is 17.2 Å². The van der Waals surface area contributed by atoms with E-state index in [1.807, 2.05) is 0 Å². The van der Waals surface area contributed by atoms with Crippen molar-refractivity contribution in [2.24, 2.45) is 5.92 Å². The first-order chi connectivity index (χ1) is 12.5. The summed E-state index contributed by atoms with van der Waals surface area (Å²) in [4.78, 5) is 3.11. The van der Waals surface area contributed by atoms with Gasteiger partial charge in [0.2, 0.25) is 10.0 Å². The Morgan fingerprint density at radius 2 is 1.67 bits per heavy atom. The van der Waals surface area contributed by atoms with Crippen LogP contribution in [0.3, 0.4) is 0 Å². The number of aromatic nitrogens is 2. The second kappa shape index (κ2) is 7.15. The molecule has 1 aromatic rings. The lowest BCUT2D eigenvalue weighted by Gasteiger charge is -2.28. The van der Waals surface area contributed by atoms with Gasteiger partial charge in [0, 0.05) is 12.6 Å². The van der Waals surface area contributed by atoms with Crippen LogP contribution in [0.2, 0.25) is 0 Å². The standard InChI is InChI=1S/C14H19F5N4O3S/c15-13(16,14(17,18)19)11-22-12(26-23-11)21-9-3-1-8(2-4-9)7-20-27(24,25)10-5-6-10/h8-10,20H,1-7H2,(H,21,22,23)/t8-,9-. The number of alkyl halides is 5. The zero-order chi connectivity index (χ0) is 19.9. The highest BCUT2D eigenvalue weighted by Gasteiger charge is 2.62. The molecule has 2 fully saturated rings. The summed E-state index contributed by atoms with van der Waals surface area (Å²) in [5.74, 6) is -6.78. The van der Waals surface area contributed by atoms with Gasteiger partial charge in [-0.25, -0.2) is 13.1 Å². The third-order valence-electron chi connectivity index (χ3n) is 4.77. The molecule has 0 aliphatic heterocycles. The van der Waals surface area contributed by atoms with Gasteiger partial charge >= 0.3 is 18.1 Å². The van der Waals surface area contributed by atoms with E-state index in [0.29, 0.717) is 45.1 Å². The monoisotopic (exact) mass is 418 g/mol. The molecule has 0 saturated heterocycles. The zero-order valence-electron chi connectivity index (χ0n) is 14.1. The summed E-state index contributed by atoms with van der Waals surface area (Å²) in [7, 11) is -3.23. The number of nitrogens with one attached hydrogen (secondary N) is 2. The van der Waals surface area contributed by atoms with Crippen molar-refractivity contribution in [2.75, 3.05) is 11.9 Å². The van der Waals surface area contributed by atoms with E-state index in [9.17, 15) is 30.4 Å². The van der Waals surface area contributed by atoms with Crippen molar-refractivity contribution in [3.8, 4) is 0 Å². The fourth-order valence-electron chi connectivity index (χ4n) is 2.95. The van der Waals surface area contributed by atoms with Crippen LogP contribution in [0.5, 0.6) is 0 Å². The van der Waals surface area contributed by atoms with E-state index >= 15 is 0 Å². The maximum Gasteiger partial charge on any atom is 0.461 e. The highest BCUT2D eigenvalue weighted by molar-refractivity contribution is 7.90. The Kier molecular flexibility index (Phi) is 5.36. The van der Waals surface area contributed by atoms with Gasteiger partial charge in [0.1, 0.15) is 0 Å². The van der Waals surface area contributed by atoms with Crippen LogP contribution in [0.15, 0.2) is 4.52 Å². The Hall–Kier alpha value is -1.50. The Morgan fingerprint density at radius 1 is 1.04 bits per heavy atom. The number of hydrogen-bond acceptors (Lipinski definition) is 6. The molecule has 13 heteroatoms. The average molecular weight is 418 g/mol. The van der Waals surface area contributed by atoms with Gasteiger partial charge in [0.25, 0.3) is 5.82 Å². The molecule has 0 aromatic carbocycles. The van der Waals surface area contributed by atoms with Crippen molar-refractivity contribution >= 4 is 16.0 Å². The number of sulfonamides is 1. The Balaban J connectivity index is 1.47. The van der Waals surface area contributed by atoms with Crippen LogP contribution in [-0.2, 0) is 15.9 Å². The predicted molar refractivity (Wildman–Crippen MR) is 83.6 cm³/mol. The number of nitrogens with zero attached hydrogens (tertiary/aromatic N) is 2. The van der Waals surface area contributed by atoms with Crippen LogP contribution in [0.1, 0.15) is 44.3 Å². The molecule has 1 aromatic heterocycles. The van der Waals surface area contributed by atoms with Crippen molar-refractivity contribution in [3.05, 3.63) is 5.82 Å². The van der Waals surface area contributed by atoms with Gasteiger partial charge in [-0.15, -0.1) is 0 Å². The fourth-order valence-corrected chi connectivity index (χ4v) is 4.41. The van der Waals surface area contributed by atoms with E-state index in [1.165, 1.54) is 0 Å². The van der Waals surface area contributed by atoms with Crippen molar-refractivity contribution in [1.29, 1.82) is 0 Å². The number of hydrogen-bond donors (Lipinski definition) is 2. The maximum atomic E-state index is 13.2. The molecule has 0 spiro atoms. The topological polar surface area (TPSA) is 97.1 Å². The number of anilines is 1. The summed E-state index contributed by atoms with van der Waals surface area (Å²) in [5.41, 5.74) is 0. The molecule has 27 heavy (non-hydrogen) atoms. The minimum absolute atomic E-state index is 0.143. The Bertz CT molecular complexity index is 755. The summed E-state index contributed by atoms with van der Waals surface area (Å²) < 4.78 is 93.9. The average Bonchev–Trinajstić information content (AvgIpc) is 3.34. The zero-order valence-corrected chi connectivity index (χ0v) is 14.9. The van der Waals surface area contributed by atoms with Crippen LogP contribution in [0.25, 0.3) is 0 Å². The minimum atomic E-state index is -5.81. The van der Waals surface area contributed by atoms with Crippen LogP contribution in [-0.4, -0.2) is 42.6 Å². The molecule has 0 bridgehead atoms. The fraction of sp³-hybridized carbons (Fsp3) is 0.857. The highest BCUT2D eigenvalue weighted by Crippen LogP contribution is 2.42. The van der Waals surface area contributed by atoms with Crippen LogP contribution >= 0.6 is 0 Å². The van der Waals surface area contributed by atoms with Crippen molar-refractivity contribution in [3.63, 3.8) is 0 Å². The van der Waals surface area contributed by atoms with Crippen LogP contribution < -0.4 is 10.0 Å². The molecule has 2 N–H and O–H groups in total. The van der Waals surface area contributed by atoms with Crippen molar-refractivity contribution in [1.82, 2.24) is 14.9 Å². The van der Waals surface area contributed by atoms with Gasteiger partial charge in [-0.1, -0.05) is 5.16 Å². The SMILES string of the molecule is O=S(=O)(NC[C@H]1CC[C@H](Nc2nc(C(F)(F)C(F)(F)F)no2)CC1)C1CC1. The molecular weight excluding hydrogens is 399 g/mol. The largest absolute Gasteiger partial charge is 0.461 e. The quantitative estimate of drug-likeness (QED) is 0.661. The third kappa shape index (κ3) is 4.68. The summed E-state index contributed by atoms with van der Waals surface area (Å²) >= 11 is 0. The summed E-state index contributed by atoms with van der Waals surface area (Å²) in [6.07, 6.45) is -1.95. The molecule has 0 amide bonds. The van der Waals surface area contributed by atoms with E-state index < -0.39 is 34.0 Å². The van der Waals surface area contributed by atoms with E-state index in [0.717, 1.165) is 0 Å². The molecule has 0 unspecified atom stereocenters. The van der Waals surface area contributed by atoms with Crippen molar-refractivity contribution in [2.45, 2.75) is 61.9 Å². The first-order valence-electron chi connectivity index (χ1n) is 8.53. The number of halogens is 5. The molecular formula is C14H19F5N4O3S. The second-order valence-corrected chi connectivity index (χ2v) is 9.00. The smallest absolute Gasteiger partial charge is 0.335 e.